The van der Waals surface area contributed by atoms with Crippen LogP contribution >= 0.6 is 11.5 Å². The van der Waals surface area contributed by atoms with Crippen molar-refractivity contribution in [3.8, 4) is 28.5 Å². The number of carbonyl (C=O) groups excluding carboxylic acids is 1. The number of benzene rings is 2. The fourth-order valence-corrected chi connectivity index (χ4v) is 3.27. The number of hydrogen-bond acceptors (Lipinski definition) is 6. The first kappa shape index (κ1) is 16.4. The third-order valence-corrected chi connectivity index (χ3v) is 4.80. The highest BCUT2D eigenvalue weighted by Crippen LogP contribution is 2.32. The summed E-state index contributed by atoms with van der Waals surface area (Å²) in [5.41, 5.74) is 2.66. The molecule has 132 valence electrons. The number of aromatic nitrogens is 1. The Balaban J connectivity index is 1.41. The summed E-state index contributed by atoms with van der Waals surface area (Å²) in [4.78, 5) is 12.9. The van der Waals surface area contributed by atoms with Crippen molar-refractivity contribution in [2.24, 2.45) is 0 Å². The molecule has 0 atom stereocenters. The average Bonchev–Trinajstić information content (AvgIpc) is 3.35. The normalized spacial score (nSPS) is 12.0. The van der Waals surface area contributed by atoms with Crippen LogP contribution in [-0.4, -0.2) is 24.2 Å². The summed E-state index contributed by atoms with van der Waals surface area (Å²) in [5, 5.41) is 2.90. The maximum Gasteiger partial charge on any atom is 0.263 e. The molecule has 0 spiro atoms. The van der Waals surface area contributed by atoms with Crippen molar-refractivity contribution < 1.29 is 19.0 Å². The van der Waals surface area contributed by atoms with Crippen LogP contribution in [0.25, 0.3) is 11.3 Å². The third-order valence-electron chi connectivity index (χ3n) is 4.01. The van der Waals surface area contributed by atoms with Gasteiger partial charge in [-0.15, -0.1) is 0 Å². The molecule has 3 aromatic rings. The fourth-order valence-electron chi connectivity index (χ4n) is 2.60. The zero-order valence-corrected chi connectivity index (χ0v) is 14.8. The Bertz CT molecular complexity index is 937. The predicted octanol–water partition coefficient (Wildman–Crippen LogP) is 3.48. The summed E-state index contributed by atoms with van der Waals surface area (Å²) in [5.74, 6) is 2.06. The second-order valence-electron chi connectivity index (χ2n) is 5.68. The molecule has 1 aliphatic rings. The van der Waals surface area contributed by atoms with Gasteiger partial charge in [-0.3, -0.25) is 4.79 Å². The molecule has 0 saturated carbocycles. The number of rotatable bonds is 5. The first-order chi connectivity index (χ1) is 12.7. The summed E-state index contributed by atoms with van der Waals surface area (Å²) in [6.45, 7) is 0.644. The molecule has 0 unspecified atom stereocenters. The summed E-state index contributed by atoms with van der Waals surface area (Å²) in [7, 11) is 1.63. The summed E-state index contributed by atoms with van der Waals surface area (Å²) < 4.78 is 20.2. The lowest BCUT2D eigenvalue weighted by Crippen LogP contribution is -2.21. The minimum atomic E-state index is -0.153. The van der Waals surface area contributed by atoms with Crippen LogP contribution in [0.4, 0.5) is 0 Å². The number of nitrogens with one attached hydrogen (secondary N) is 1. The Labute approximate surface area is 154 Å². The van der Waals surface area contributed by atoms with Crippen molar-refractivity contribution in [2.45, 2.75) is 6.54 Å². The highest BCUT2D eigenvalue weighted by Gasteiger charge is 2.15. The molecule has 1 amide bonds. The predicted molar refractivity (Wildman–Crippen MR) is 97.8 cm³/mol. The minimum Gasteiger partial charge on any atom is -0.497 e. The maximum absolute atomic E-state index is 12.4. The molecule has 0 radical (unpaired) electrons. The fraction of sp³-hybridized carbons (Fsp3) is 0.158. The van der Waals surface area contributed by atoms with Crippen LogP contribution < -0.4 is 19.5 Å². The van der Waals surface area contributed by atoms with E-state index in [0.29, 0.717) is 17.2 Å². The number of amides is 1. The van der Waals surface area contributed by atoms with Gasteiger partial charge in [0.2, 0.25) is 6.79 Å². The Morgan fingerprint density at radius 1 is 1.15 bits per heavy atom. The smallest absolute Gasteiger partial charge is 0.263 e. The number of nitrogens with zero attached hydrogens (tertiary/aromatic N) is 1. The van der Waals surface area contributed by atoms with E-state index >= 15 is 0 Å². The van der Waals surface area contributed by atoms with Gasteiger partial charge in [0.25, 0.3) is 5.91 Å². The van der Waals surface area contributed by atoms with Gasteiger partial charge in [0.05, 0.1) is 12.8 Å². The topological polar surface area (TPSA) is 69.7 Å². The van der Waals surface area contributed by atoms with Crippen LogP contribution in [0.3, 0.4) is 0 Å². The lowest BCUT2D eigenvalue weighted by molar-refractivity contribution is 0.0955. The standard InChI is InChI=1S/C19H16N2O4S/c1-23-14-5-3-13(4-6-14)15-9-18(26-21-15)19(22)20-10-12-2-7-16-17(8-12)25-11-24-16/h2-9H,10-11H2,1H3,(H,20,22). The molecular weight excluding hydrogens is 352 g/mol. The van der Waals surface area contributed by atoms with E-state index in [2.05, 4.69) is 9.69 Å². The molecular formula is C19H16N2O4S. The highest BCUT2D eigenvalue weighted by molar-refractivity contribution is 7.08. The van der Waals surface area contributed by atoms with E-state index in [0.717, 1.165) is 28.3 Å². The van der Waals surface area contributed by atoms with Crippen molar-refractivity contribution >= 4 is 17.4 Å². The lowest BCUT2D eigenvalue weighted by atomic mass is 10.1. The first-order valence-electron chi connectivity index (χ1n) is 8.01. The zero-order valence-electron chi connectivity index (χ0n) is 14.0. The van der Waals surface area contributed by atoms with Crippen LogP contribution in [0.2, 0.25) is 0 Å². The number of carbonyl (C=O) groups is 1. The second kappa shape index (κ2) is 7.05. The molecule has 1 aromatic heterocycles. The monoisotopic (exact) mass is 368 g/mol. The van der Waals surface area contributed by atoms with E-state index in [1.54, 1.807) is 13.2 Å². The van der Waals surface area contributed by atoms with Crippen molar-refractivity contribution in [1.29, 1.82) is 0 Å². The largest absolute Gasteiger partial charge is 0.497 e. The molecule has 26 heavy (non-hydrogen) atoms. The van der Waals surface area contributed by atoms with Crippen molar-refractivity contribution in [3.05, 3.63) is 59.0 Å². The Morgan fingerprint density at radius 3 is 2.77 bits per heavy atom. The Hall–Kier alpha value is -3.06. The minimum absolute atomic E-state index is 0.153. The SMILES string of the molecule is COc1ccc(-c2cc(C(=O)NCc3ccc4c(c3)OCO4)sn2)cc1. The lowest BCUT2D eigenvalue weighted by Gasteiger charge is -2.04. The zero-order chi connectivity index (χ0) is 17.9. The first-order valence-corrected chi connectivity index (χ1v) is 8.78. The van der Waals surface area contributed by atoms with E-state index in [9.17, 15) is 4.79 Å². The molecule has 6 nitrogen and oxygen atoms in total. The van der Waals surface area contributed by atoms with Gasteiger partial charge in [0.15, 0.2) is 11.5 Å². The second-order valence-corrected chi connectivity index (χ2v) is 6.48. The van der Waals surface area contributed by atoms with Gasteiger partial charge in [0.1, 0.15) is 10.6 Å². The van der Waals surface area contributed by atoms with Crippen molar-refractivity contribution in [2.75, 3.05) is 13.9 Å². The van der Waals surface area contributed by atoms with E-state index in [-0.39, 0.29) is 12.7 Å². The molecule has 2 heterocycles. The molecule has 1 aliphatic heterocycles. The Morgan fingerprint density at radius 2 is 1.96 bits per heavy atom. The third kappa shape index (κ3) is 3.34. The molecule has 2 aromatic carbocycles. The quantitative estimate of drug-likeness (QED) is 0.747. The number of methoxy groups -OCH3 is 1. The van der Waals surface area contributed by atoms with Crippen LogP contribution in [0.1, 0.15) is 15.2 Å². The van der Waals surface area contributed by atoms with Gasteiger partial charge in [-0.1, -0.05) is 6.07 Å². The molecule has 0 saturated heterocycles. The number of ether oxygens (including phenoxy) is 3. The van der Waals surface area contributed by atoms with Gasteiger partial charge in [0, 0.05) is 12.1 Å². The average molecular weight is 368 g/mol. The summed E-state index contributed by atoms with van der Waals surface area (Å²) in [6, 6.07) is 15.0. The van der Waals surface area contributed by atoms with Gasteiger partial charge in [-0.25, -0.2) is 0 Å². The molecule has 7 heteroatoms. The van der Waals surface area contributed by atoms with Gasteiger partial charge >= 0.3 is 0 Å². The van der Waals surface area contributed by atoms with Crippen molar-refractivity contribution in [1.82, 2.24) is 9.69 Å². The molecule has 1 N–H and O–H groups in total. The van der Waals surface area contributed by atoms with Crippen molar-refractivity contribution in [3.63, 3.8) is 0 Å². The highest BCUT2D eigenvalue weighted by atomic mass is 32.1. The van der Waals surface area contributed by atoms with Crippen LogP contribution in [0.5, 0.6) is 17.2 Å². The summed E-state index contributed by atoms with van der Waals surface area (Å²) in [6.07, 6.45) is 0. The van der Waals surface area contributed by atoms with Crippen LogP contribution in [-0.2, 0) is 6.54 Å². The van der Waals surface area contributed by atoms with Crippen LogP contribution in [0.15, 0.2) is 48.5 Å². The maximum atomic E-state index is 12.4. The number of fused-ring (bicyclic) bond motifs is 1. The van der Waals surface area contributed by atoms with Gasteiger partial charge in [-0.2, -0.15) is 4.37 Å². The molecule has 0 fully saturated rings. The number of hydrogen-bond donors (Lipinski definition) is 1. The molecule has 0 aliphatic carbocycles. The van der Waals surface area contributed by atoms with E-state index in [1.807, 2.05) is 42.5 Å². The Kier molecular flexibility index (Phi) is 4.45. The molecule has 4 rings (SSSR count). The van der Waals surface area contributed by atoms with Gasteiger partial charge < -0.3 is 19.5 Å². The molecule has 0 bridgehead atoms. The van der Waals surface area contributed by atoms with E-state index in [1.165, 1.54) is 11.5 Å². The van der Waals surface area contributed by atoms with E-state index in [4.69, 9.17) is 14.2 Å². The van der Waals surface area contributed by atoms with Gasteiger partial charge in [-0.05, 0) is 59.6 Å². The van der Waals surface area contributed by atoms with E-state index < -0.39 is 0 Å². The van der Waals surface area contributed by atoms with Crippen LogP contribution in [0, 0.1) is 0 Å². The summed E-state index contributed by atoms with van der Waals surface area (Å²) >= 11 is 1.18.